The van der Waals surface area contributed by atoms with Crippen LogP contribution in [0.25, 0.3) is 0 Å². The molecule has 0 spiro atoms. The number of likely N-dealkylation sites (tertiary alicyclic amines) is 1. The van der Waals surface area contributed by atoms with Gasteiger partial charge in [-0.1, -0.05) is 30.7 Å². The quantitative estimate of drug-likeness (QED) is 0.930. The molecule has 1 aromatic rings. The lowest BCUT2D eigenvalue weighted by molar-refractivity contribution is -0.155. The minimum Gasteiger partial charge on any atom is -0.481 e. The molecule has 1 atom stereocenters. The summed E-state index contributed by atoms with van der Waals surface area (Å²) in [6.07, 6.45) is 2.22. The minimum atomic E-state index is -0.797. The summed E-state index contributed by atoms with van der Waals surface area (Å²) >= 11 is 5.83. The van der Waals surface area contributed by atoms with Crippen molar-refractivity contribution in [3.8, 4) is 0 Å². The molecule has 1 amide bonds. The summed E-state index contributed by atoms with van der Waals surface area (Å²) in [5, 5.41) is 10.1. The second-order valence-corrected chi connectivity index (χ2v) is 6.10. The maximum atomic E-state index is 12.4. The maximum absolute atomic E-state index is 12.4. The second kappa shape index (κ2) is 6.48. The molecule has 1 aliphatic rings. The van der Waals surface area contributed by atoms with Crippen molar-refractivity contribution in [1.82, 2.24) is 4.90 Å². The van der Waals surface area contributed by atoms with Gasteiger partial charge in [0.15, 0.2) is 0 Å². The normalized spacial score (nSPS) is 22.1. The summed E-state index contributed by atoms with van der Waals surface area (Å²) in [5.74, 6) is -0.815. The molecule has 0 aromatic heterocycles. The number of hydrogen-bond donors (Lipinski definition) is 1. The van der Waals surface area contributed by atoms with Crippen LogP contribution in [-0.4, -0.2) is 35.0 Å². The third-order valence-corrected chi connectivity index (χ3v) is 4.58. The second-order valence-electron chi connectivity index (χ2n) is 5.66. The highest BCUT2D eigenvalue weighted by molar-refractivity contribution is 6.30. The Bertz CT molecular complexity index is 529. The Labute approximate surface area is 129 Å². The Balaban J connectivity index is 2.05. The number of rotatable bonds is 4. The van der Waals surface area contributed by atoms with Crippen LogP contribution in [-0.2, 0) is 16.0 Å². The van der Waals surface area contributed by atoms with Crippen molar-refractivity contribution < 1.29 is 14.7 Å². The number of carboxylic acids is 1. The van der Waals surface area contributed by atoms with Crippen molar-refractivity contribution in [1.29, 1.82) is 0 Å². The van der Waals surface area contributed by atoms with E-state index in [1.165, 1.54) is 0 Å². The van der Waals surface area contributed by atoms with Crippen molar-refractivity contribution >= 4 is 23.5 Å². The number of benzene rings is 1. The predicted octanol–water partition coefficient (Wildman–Crippen LogP) is 2.99. The molecule has 0 bridgehead atoms. The SMILES string of the molecule is CCC1(C(=O)O)CCCN(C(=O)Cc2ccc(Cl)cc2)C1. The molecule has 4 nitrogen and oxygen atoms in total. The molecule has 21 heavy (non-hydrogen) atoms. The molecule has 0 saturated carbocycles. The number of hydrogen-bond acceptors (Lipinski definition) is 2. The first kappa shape index (κ1) is 15.8. The van der Waals surface area contributed by atoms with Crippen LogP contribution in [0.3, 0.4) is 0 Å². The van der Waals surface area contributed by atoms with Gasteiger partial charge in [0.1, 0.15) is 0 Å². The third kappa shape index (κ3) is 3.56. The molecule has 5 heteroatoms. The van der Waals surface area contributed by atoms with Gasteiger partial charge in [-0.3, -0.25) is 9.59 Å². The van der Waals surface area contributed by atoms with Crippen LogP contribution in [0.5, 0.6) is 0 Å². The molecule has 1 aromatic carbocycles. The van der Waals surface area contributed by atoms with E-state index < -0.39 is 11.4 Å². The Hall–Kier alpha value is -1.55. The van der Waals surface area contributed by atoms with E-state index in [4.69, 9.17) is 11.6 Å². The zero-order valence-electron chi connectivity index (χ0n) is 12.1. The largest absolute Gasteiger partial charge is 0.481 e. The van der Waals surface area contributed by atoms with Crippen LogP contribution >= 0.6 is 11.6 Å². The lowest BCUT2D eigenvalue weighted by Crippen LogP contribution is -2.50. The Morgan fingerprint density at radius 3 is 2.57 bits per heavy atom. The van der Waals surface area contributed by atoms with E-state index in [1.54, 1.807) is 17.0 Å². The number of halogens is 1. The Morgan fingerprint density at radius 1 is 1.33 bits per heavy atom. The predicted molar refractivity (Wildman–Crippen MR) is 81.3 cm³/mol. The Morgan fingerprint density at radius 2 is 2.00 bits per heavy atom. The average Bonchev–Trinajstić information content (AvgIpc) is 2.49. The molecule has 1 heterocycles. The summed E-state index contributed by atoms with van der Waals surface area (Å²) in [7, 11) is 0. The van der Waals surface area contributed by atoms with Gasteiger partial charge in [-0.05, 0) is 37.0 Å². The lowest BCUT2D eigenvalue weighted by Gasteiger charge is -2.39. The molecular weight excluding hydrogens is 290 g/mol. The molecule has 114 valence electrons. The van der Waals surface area contributed by atoms with Gasteiger partial charge in [-0.15, -0.1) is 0 Å². The van der Waals surface area contributed by atoms with E-state index in [0.29, 0.717) is 31.0 Å². The van der Waals surface area contributed by atoms with Gasteiger partial charge in [-0.25, -0.2) is 0 Å². The number of carboxylic acid groups (broad SMARTS) is 1. The van der Waals surface area contributed by atoms with Crippen molar-refractivity contribution in [2.45, 2.75) is 32.6 Å². The van der Waals surface area contributed by atoms with Gasteiger partial charge in [0.25, 0.3) is 0 Å². The highest BCUT2D eigenvalue weighted by Gasteiger charge is 2.41. The van der Waals surface area contributed by atoms with Crippen LogP contribution in [0.4, 0.5) is 0 Å². The monoisotopic (exact) mass is 309 g/mol. The van der Waals surface area contributed by atoms with Crippen molar-refractivity contribution in [3.63, 3.8) is 0 Å². The van der Waals surface area contributed by atoms with Gasteiger partial charge >= 0.3 is 5.97 Å². The molecule has 0 radical (unpaired) electrons. The standard InChI is InChI=1S/C16H20ClNO3/c1-2-16(15(20)21)8-3-9-18(11-16)14(19)10-12-4-6-13(17)7-5-12/h4-7H,2-3,8-11H2,1H3,(H,20,21). The molecular formula is C16H20ClNO3. The first-order valence-corrected chi connectivity index (χ1v) is 7.60. The minimum absolute atomic E-state index is 0.0175. The molecule has 1 saturated heterocycles. The van der Waals surface area contributed by atoms with Crippen molar-refractivity contribution in [3.05, 3.63) is 34.9 Å². The van der Waals surface area contributed by atoms with Crippen LogP contribution in [0.2, 0.25) is 5.02 Å². The molecule has 2 rings (SSSR count). The third-order valence-electron chi connectivity index (χ3n) is 4.33. The number of carbonyl (C=O) groups is 2. The van der Waals surface area contributed by atoms with E-state index in [1.807, 2.05) is 19.1 Å². The topological polar surface area (TPSA) is 57.6 Å². The van der Waals surface area contributed by atoms with Crippen LogP contribution in [0, 0.1) is 5.41 Å². The van der Waals surface area contributed by atoms with E-state index in [0.717, 1.165) is 12.0 Å². The van der Waals surface area contributed by atoms with Gasteiger partial charge < -0.3 is 10.0 Å². The van der Waals surface area contributed by atoms with Crippen LogP contribution in [0.1, 0.15) is 31.7 Å². The van der Waals surface area contributed by atoms with E-state index in [-0.39, 0.29) is 12.3 Å². The first-order valence-electron chi connectivity index (χ1n) is 7.22. The maximum Gasteiger partial charge on any atom is 0.311 e. The number of carbonyl (C=O) groups excluding carboxylic acids is 1. The van der Waals surface area contributed by atoms with E-state index in [2.05, 4.69) is 0 Å². The molecule has 1 unspecified atom stereocenters. The molecule has 1 N–H and O–H groups in total. The summed E-state index contributed by atoms with van der Waals surface area (Å²) in [6, 6.07) is 7.17. The fourth-order valence-corrected chi connectivity index (χ4v) is 2.97. The van der Waals surface area contributed by atoms with Gasteiger partial charge in [0, 0.05) is 18.1 Å². The smallest absolute Gasteiger partial charge is 0.311 e. The van der Waals surface area contributed by atoms with E-state index in [9.17, 15) is 14.7 Å². The first-order chi connectivity index (χ1) is 9.97. The fourth-order valence-electron chi connectivity index (χ4n) is 2.85. The van der Waals surface area contributed by atoms with Gasteiger partial charge in [-0.2, -0.15) is 0 Å². The van der Waals surface area contributed by atoms with Crippen LogP contribution < -0.4 is 0 Å². The number of nitrogens with zero attached hydrogens (tertiary/aromatic N) is 1. The zero-order valence-corrected chi connectivity index (χ0v) is 12.9. The summed E-state index contributed by atoms with van der Waals surface area (Å²) < 4.78 is 0. The fraction of sp³-hybridized carbons (Fsp3) is 0.500. The summed E-state index contributed by atoms with van der Waals surface area (Å²) in [5.41, 5.74) is 0.112. The van der Waals surface area contributed by atoms with Crippen LogP contribution in [0.15, 0.2) is 24.3 Å². The number of piperidine rings is 1. The van der Waals surface area contributed by atoms with Gasteiger partial charge in [0.2, 0.25) is 5.91 Å². The Kier molecular flexibility index (Phi) is 4.88. The number of amides is 1. The molecule has 1 aliphatic heterocycles. The lowest BCUT2D eigenvalue weighted by atomic mass is 9.77. The average molecular weight is 310 g/mol. The molecule has 0 aliphatic carbocycles. The highest BCUT2D eigenvalue weighted by atomic mass is 35.5. The molecule has 1 fully saturated rings. The van der Waals surface area contributed by atoms with Gasteiger partial charge in [0.05, 0.1) is 11.8 Å². The van der Waals surface area contributed by atoms with Crippen molar-refractivity contribution in [2.75, 3.05) is 13.1 Å². The van der Waals surface area contributed by atoms with Crippen molar-refractivity contribution in [2.24, 2.45) is 5.41 Å². The highest BCUT2D eigenvalue weighted by Crippen LogP contribution is 2.33. The summed E-state index contributed by atoms with van der Waals surface area (Å²) in [6.45, 7) is 2.83. The zero-order chi connectivity index (χ0) is 15.5. The summed E-state index contributed by atoms with van der Waals surface area (Å²) in [4.78, 5) is 25.6. The van der Waals surface area contributed by atoms with E-state index >= 15 is 0 Å². The number of aliphatic carboxylic acids is 1.